The smallest absolute Gasteiger partial charge is 0.220 e. The first kappa shape index (κ1) is 17.8. The van der Waals surface area contributed by atoms with Gasteiger partial charge in [0, 0.05) is 18.5 Å². The van der Waals surface area contributed by atoms with Gasteiger partial charge in [0.15, 0.2) is 0 Å². The third-order valence-electron chi connectivity index (χ3n) is 4.30. The van der Waals surface area contributed by atoms with Crippen molar-refractivity contribution in [3.05, 3.63) is 29.3 Å². The van der Waals surface area contributed by atoms with Gasteiger partial charge in [-0.2, -0.15) is 0 Å². The van der Waals surface area contributed by atoms with Crippen LogP contribution in [0.2, 0.25) is 0 Å². The average Bonchev–Trinajstić information content (AvgIpc) is 2.52. The number of carbonyl (C=O) groups excluding carboxylic acids is 1. The van der Waals surface area contributed by atoms with E-state index < -0.39 is 0 Å². The molecule has 4 nitrogen and oxygen atoms in total. The molecule has 1 saturated heterocycles. The molecule has 4 heteroatoms. The Kier molecular flexibility index (Phi) is 6.90. The second-order valence-electron chi connectivity index (χ2n) is 6.79. The minimum absolute atomic E-state index is 0.131. The molecular formula is C19H30N2O2. The van der Waals surface area contributed by atoms with Gasteiger partial charge in [-0.05, 0) is 70.7 Å². The normalized spacial score (nSPS) is 15.7. The molecule has 0 saturated carbocycles. The highest BCUT2D eigenvalue weighted by Gasteiger charge is 2.14. The van der Waals surface area contributed by atoms with E-state index >= 15 is 0 Å². The molecule has 0 atom stereocenters. The summed E-state index contributed by atoms with van der Waals surface area (Å²) in [6.45, 7) is 8.80. The number of rotatable bonds is 7. The Hall–Kier alpha value is -1.55. The number of nitrogens with one attached hydrogen (secondary N) is 2. The largest absolute Gasteiger partial charge is 0.491 e. The van der Waals surface area contributed by atoms with Crippen LogP contribution < -0.4 is 15.4 Å². The van der Waals surface area contributed by atoms with Crippen molar-refractivity contribution in [1.29, 1.82) is 0 Å². The summed E-state index contributed by atoms with van der Waals surface area (Å²) in [7, 11) is 0. The van der Waals surface area contributed by atoms with Crippen LogP contribution in [0.4, 0.5) is 0 Å². The van der Waals surface area contributed by atoms with E-state index in [1.165, 1.54) is 18.4 Å². The maximum atomic E-state index is 12.1. The third-order valence-corrected chi connectivity index (χ3v) is 4.30. The van der Waals surface area contributed by atoms with Crippen molar-refractivity contribution >= 4 is 5.91 Å². The molecule has 1 aliphatic heterocycles. The molecule has 0 aromatic heterocycles. The van der Waals surface area contributed by atoms with Crippen LogP contribution in [0.15, 0.2) is 18.2 Å². The first-order valence-corrected chi connectivity index (χ1v) is 8.78. The van der Waals surface area contributed by atoms with Gasteiger partial charge < -0.3 is 15.4 Å². The number of ether oxygens (including phenoxy) is 1. The summed E-state index contributed by atoms with van der Waals surface area (Å²) in [6.07, 6.45) is 4.13. The summed E-state index contributed by atoms with van der Waals surface area (Å²) in [5.41, 5.74) is 2.21. The van der Waals surface area contributed by atoms with E-state index in [2.05, 4.69) is 23.6 Å². The van der Waals surface area contributed by atoms with Gasteiger partial charge in [-0.1, -0.05) is 12.1 Å². The third kappa shape index (κ3) is 6.22. The molecule has 1 aromatic rings. The SMILES string of the molecule is Cc1ccc(CNC(=O)CCC2CCNCC2)c(OC(C)C)c1. The first-order chi connectivity index (χ1) is 11.0. The van der Waals surface area contributed by atoms with Crippen LogP contribution in [0.3, 0.4) is 0 Å². The van der Waals surface area contributed by atoms with Gasteiger partial charge in [0.25, 0.3) is 0 Å². The maximum Gasteiger partial charge on any atom is 0.220 e. The van der Waals surface area contributed by atoms with E-state index in [1.807, 2.05) is 26.0 Å². The summed E-state index contributed by atoms with van der Waals surface area (Å²) >= 11 is 0. The molecule has 1 fully saturated rings. The molecule has 0 unspecified atom stereocenters. The van der Waals surface area contributed by atoms with Gasteiger partial charge in [0.2, 0.25) is 5.91 Å². The quantitative estimate of drug-likeness (QED) is 0.812. The van der Waals surface area contributed by atoms with Crippen molar-refractivity contribution in [2.75, 3.05) is 13.1 Å². The zero-order valence-corrected chi connectivity index (χ0v) is 14.7. The number of amides is 1. The maximum absolute atomic E-state index is 12.1. The zero-order chi connectivity index (χ0) is 16.7. The summed E-state index contributed by atoms with van der Waals surface area (Å²) in [5.74, 6) is 1.71. The highest BCUT2D eigenvalue weighted by molar-refractivity contribution is 5.75. The van der Waals surface area contributed by atoms with Crippen LogP contribution in [0.1, 0.15) is 50.7 Å². The fourth-order valence-corrected chi connectivity index (χ4v) is 2.96. The standard InChI is InChI=1S/C19H30N2O2/c1-14(2)23-18-12-15(3)4-6-17(18)13-21-19(22)7-5-16-8-10-20-11-9-16/h4,6,12,14,16,20H,5,7-11,13H2,1-3H3,(H,21,22). The topological polar surface area (TPSA) is 50.4 Å². The van der Waals surface area contributed by atoms with Gasteiger partial charge in [-0.3, -0.25) is 4.79 Å². The van der Waals surface area contributed by atoms with Crippen molar-refractivity contribution in [2.24, 2.45) is 5.92 Å². The van der Waals surface area contributed by atoms with Crippen molar-refractivity contribution in [3.8, 4) is 5.75 Å². The van der Waals surface area contributed by atoms with Crippen LogP contribution in [-0.4, -0.2) is 25.1 Å². The molecule has 128 valence electrons. The van der Waals surface area contributed by atoms with Crippen LogP contribution in [0.25, 0.3) is 0 Å². The number of hydrogen-bond donors (Lipinski definition) is 2. The Bertz CT molecular complexity index is 508. The van der Waals surface area contributed by atoms with E-state index in [-0.39, 0.29) is 12.0 Å². The molecule has 1 amide bonds. The molecule has 1 aromatic carbocycles. The summed E-state index contributed by atoms with van der Waals surface area (Å²) in [4.78, 5) is 12.1. The van der Waals surface area contributed by atoms with Crippen LogP contribution >= 0.6 is 0 Å². The fraction of sp³-hybridized carbons (Fsp3) is 0.632. The predicted octanol–water partition coefficient (Wildman–Crippen LogP) is 3.18. The second kappa shape index (κ2) is 8.92. The summed E-state index contributed by atoms with van der Waals surface area (Å²) in [6, 6.07) is 6.14. The Labute approximate surface area is 140 Å². The highest BCUT2D eigenvalue weighted by Crippen LogP contribution is 2.22. The number of aryl methyl sites for hydroxylation is 1. The highest BCUT2D eigenvalue weighted by atomic mass is 16.5. The number of piperidine rings is 1. The second-order valence-corrected chi connectivity index (χ2v) is 6.79. The van der Waals surface area contributed by atoms with Crippen molar-refractivity contribution in [3.63, 3.8) is 0 Å². The summed E-state index contributed by atoms with van der Waals surface area (Å²) < 4.78 is 5.86. The molecule has 0 spiro atoms. The summed E-state index contributed by atoms with van der Waals surface area (Å²) in [5, 5.41) is 6.40. The predicted molar refractivity (Wildman–Crippen MR) is 93.6 cm³/mol. The van der Waals surface area contributed by atoms with Crippen LogP contribution in [0.5, 0.6) is 5.75 Å². The van der Waals surface area contributed by atoms with Crippen LogP contribution in [0, 0.1) is 12.8 Å². The number of hydrogen-bond acceptors (Lipinski definition) is 3. The Balaban J connectivity index is 1.81. The lowest BCUT2D eigenvalue weighted by molar-refractivity contribution is -0.121. The lowest BCUT2D eigenvalue weighted by Crippen LogP contribution is -2.29. The van der Waals surface area contributed by atoms with E-state index in [4.69, 9.17) is 4.74 Å². The van der Waals surface area contributed by atoms with Crippen molar-refractivity contribution in [1.82, 2.24) is 10.6 Å². The minimum atomic E-state index is 0.131. The van der Waals surface area contributed by atoms with Crippen LogP contribution in [-0.2, 0) is 11.3 Å². The Morgan fingerprint density at radius 1 is 1.35 bits per heavy atom. The molecule has 2 rings (SSSR count). The molecular weight excluding hydrogens is 288 g/mol. The molecule has 0 radical (unpaired) electrons. The van der Waals surface area contributed by atoms with E-state index in [0.717, 1.165) is 30.8 Å². The molecule has 1 heterocycles. The Morgan fingerprint density at radius 3 is 2.78 bits per heavy atom. The van der Waals surface area contributed by atoms with E-state index in [0.29, 0.717) is 18.9 Å². The van der Waals surface area contributed by atoms with Gasteiger partial charge in [-0.25, -0.2) is 0 Å². The molecule has 2 N–H and O–H groups in total. The Morgan fingerprint density at radius 2 is 2.09 bits per heavy atom. The van der Waals surface area contributed by atoms with E-state index in [1.54, 1.807) is 0 Å². The lowest BCUT2D eigenvalue weighted by atomic mass is 9.93. The lowest BCUT2D eigenvalue weighted by Gasteiger charge is -2.22. The fourth-order valence-electron chi connectivity index (χ4n) is 2.96. The van der Waals surface area contributed by atoms with Gasteiger partial charge in [-0.15, -0.1) is 0 Å². The van der Waals surface area contributed by atoms with Crippen molar-refractivity contribution < 1.29 is 9.53 Å². The molecule has 23 heavy (non-hydrogen) atoms. The molecule has 0 aliphatic carbocycles. The number of carbonyl (C=O) groups is 1. The average molecular weight is 318 g/mol. The minimum Gasteiger partial charge on any atom is -0.491 e. The zero-order valence-electron chi connectivity index (χ0n) is 14.7. The van der Waals surface area contributed by atoms with Gasteiger partial charge in [0.1, 0.15) is 5.75 Å². The molecule has 0 bridgehead atoms. The van der Waals surface area contributed by atoms with Crippen molar-refractivity contribution in [2.45, 2.75) is 59.1 Å². The molecule has 1 aliphatic rings. The van der Waals surface area contributed by atoms with Gasteiger partial charge in [0.05, 0.1) is 6.10 Å². The van der Waals surface area contributed by atoms with Gasteiger partial charge >= 0.3 is 0 Å². The van der Waals surface area contributed by atoms with E-state index in [9.17, 15) is 4.79 Å². The monoisotopic (exact) mass is 318 g/mol. The first-order valence-electron chi connectivity index (χ1n) is 8.78. The number of benzene rings is 1.